The summed E-state index contributed by atoms with van der Waals surface area (Å²) in [5.41, 5.74) is 2.27. The Kier molecular flexibility index (Phi) is 4.21. The molecule has 0 atom stereocenters. The average molecular weight is 222 g/mol. The van der Waals surface area contributed by atoms with E-state index in [1.54, 1.807) is 0 Å². The molecule has 4 nitrogen and oxygen atoms in total. The van der Waals surface area contributed by atoms with E-state index in [4.69, 9.17) is 0 Å². The first-order valence-electron chi connectivity index (χ1n) is 5.92. The van der Waals surface area contributed by atoms with Crippen LogP contribution in [0.25, 0.3) is 0 Å². The zero-order chi connectivity index (χ0) is 12.2. The van der Waals surface area contributed by atoms with Crippen LogP contribution < -0.4 is 5.32 Å². The Hall–Kier alpha value is -1.19. The van der Waals surface area contributed by atoms with Crippen molar-refractivity contribution in [2.75, 3.05) is 11.9 Å². The van der Waals surface area contributed by atoms with Crippen molar-refractivity contribution in [2.45, 2.75) is 47.5 Å². The van der Waals surface area contributed by atoms with Gasteiger partial charge in [0, 0.05) is 6.54 Å². The van der Waals surface area contributed by atoms with Gasteiger partial charge in [0.25, 0.3) is 0 Å². The minimum atomic E-state index is 0.221. The van der Waals surface area contributed by atoms with Crippen molar-refractivity contribution in [1.29, 1.82) is 0 Å². The highest BCUT2D eigenvalue weighted by Crippen LogP contribution is 2.13. The summed E-state index contributed by atoms with van der Waals surface area (Å²) in [7, 11) is 0. The molecule has 1 rings (SSSR count). The van der Waals surface area contributed by atoms with E-state index >= 15 is 0 Å². The molecule has 1 aromatic rings. The molecule has 0 aromatic carbocycles. The summed E-state index contributed by atoms with van der Waals surface area (Å²) in [5, 5.41) is 11.5. The number of hydrogen-bond donors (Lipinski definition) is 1. The Morgan fingerprint density at radius 2 is 1.62 bits per heavy atom. The third-order valence-corrected chi connectivity index (χ3v) is 2.29. The number of anilines is 1. The molecule has 1 aromatic heterocycles. The Morgan fingerprint density at radius 1 is 1.00 bits per heavy atom. The molecule has 0 aliphatic rings. The lowest BCUT2D eigenvalue weighted by atomic mass is 9.97. The van der Waals surface area contributed by atoms with E-state index in [1.807, 2.05) is 0 Å². The number of rotatable bonds is 4. The lowest BCUT2D eigenvalue weighted by Gasteiger charge is -2.18. The van der Waals surface area contributed by atoms with E-state index in [-0.39, 0.29) is 5.41 Å². The first-order chi connectivity index (χ1) is 7.46. The van der Waals surface area contributed by atoms with Crippen LogP contribution in [0.4, 0.5) is 5.95 Å². The second-order valence-electron chi connectivity index (χ2n) is 5.15. The molecule has 1 N–H and O–H groups in total. The molecule has 0 aliphatic carbocycles. The standard InChI is InChI=1S/C12H22N4/c1-6-9-10(7-2)15-16-11(14-9)13-8-12(3,4)5/h6-8H2,1-5H3,(H,13,14,16). The summed E-state index contributed by atoms with van der Waals surface area (Å²) in [5.74, 6) is 0.643. The van der Waals surface area contributed by atoms with Gasteiger partial charge in [-0.05, 0) is 18.3 Å². The summed E-state index contributed by atoms with van der Waals surface area (Å²) in [6, 6.07) is 0. The fourth-order valence-electron chi connectivity index (χ4n) is 1.36. The monoisotopic (exact) mass is 222 g/mol. The molecule has 1 heterocycles. The molecule has 0 bridgehead atoms. The van der Waals surface area contributed by atoms with Gasteiger partial charge in [-0.2, -0.15) is 5.10 Å². The van der Waals surface area contributed by atoms with Crippen molar-refractivity contribution in [3.63, 3.8) is 0 Å². The Balaban J connectivity index is 2.75. The van der Waals surface area contributed by atoms with Gasteiger partial charge in [0.05, 0.1) is 11.4 Å². The maximum Gasteiger partial charge on any atom is 0.242 e. The van der Waals surface area contributed by atoms with E-state index in [9.17, 15) is 0 Å². The summed E-state index contributed by atoms with van der Waals surface area (Å²) >= 11 is 0. The molecule has 4 heteroatoms. The zero-order valence-corrected chi connectivity index (χ0v) is 11.0. The van der Waals surface area contributed by atoms with Gasteiger partial charge in [0.1, 0.15) is 0 Å². The fourth-order valence-corrected chi connectivity index (χ4v) is 1.36. The number of hydrogen-bond acceptors (Lipinski definition) is 4. The van der Waals surface area contributed by atoms with Gasteiger partial charge in [0.15, 0.2) is 0 Å². The second kappa shape index (κ2) is 5.23. The van der Waals surface area contributed by atoms with E-state index in [1.165, 1.54) is 0 Å². The first-order valence-corrected chi connectivity index (χ1v) is 5.92. The number of aromatic nitrogens is 3. The van der Waals surface area contributed by atoms with Crippen molar-refractivity contribution < 1.29 is 0 Å². The molecular formula is C12H22N4. The number of nitrogens with zero attached hydrogens (tertiary/aromatic N) is 3. The fraction of sp³-hybridized carbons (Fsp3) is 0.750. The Bertz CT molecular complexity index is 341. The summed E-state index contributed by atoms with van der Waals surface area (Å²) in [6.45, 7) is 11.5. The molecule has 0 saturated heterocycles. The van der Waals surface area contributed by atoms with Gasteiger partial charge in [-0.25, -0.2) is 4.98 Å². The third kappa shape index (κ3) is 3.76. The van der Waals surface area contributed by atoms with Gasteiger partial charge in [-0.1, -0.05) is 34.6 Å². The maximum atomic E-state index is 4.48. The Labute approximate surface area is 97.9 Å². The van der Waals surface area contributed by atoms with Crippen molar-refractivity contribution in [1.82, 2.24) is 15.2 Å². The lowest BCUT2D eigenvalue weighted by Crippen LogP contribution is -2.21. The second-order valence-corrected chi connectivity index (χ2v) is 5.15. The molecular weight excluding hydrogens is 200 g/mol. The number of aryl methyl sites for hydroxylation is 2. The summed E-state index contributed by atoms with van der Waals surface area (Å²) in [6.07, 6.45) is 1.80. The molecule has 0 saturated carbocycles. The van der Waals surface area contributed by atoms with Crippen LogP contribution in [0.3, 0.4) is 0 Å². The van der Waals surface area contributed by atoms with Crippen LogP contribution in [0.5, 0.6) is 0 Å². The van der Waals surface area contributed by atoms with Crippen LogP contribution in [-0.4, -0.2) is 21.7 Å². The Morgan fingerprint density at radius 3 is 2.12 bits per heavy atom. The van der Waals surface area contributed by atoms with Gasteiger partial charge in [-0.3, -0.25) is 0 Å². The van der Waals surface area contributed by atoms with Crippen molar-refractivity contribution >= 4 is 5.95 Å². The SMILES string of the molecule is CCc1nnc(NCC(C)(C)C)nc1CC. The molecule has 90 valence electrons. The summed E-state index contributed by atoms with van der Waals surface area (Å²) in [4.78, 5) is 4.48. The molecule has 0 amide bonds. The van der Waals surface area contributed by atoms with Crippen LogP contribution >= 0.6 is 0 Å². The molecule has 0 radical (unpaired) electrons. The van der Waals surface area contributed by atoms with Gasteiger partial charge in [0.2, 0.25) is 5.95 Å². The predicted octanol–water partition coefficient (Wildman–Crippen LogP) is 2.45. The van der Waals surface area contributed by atoms with E-state index < -0.39 is 0 Å². The van der Waals surface area contributed by atoms with Crippen molar-refractivity contribution in [2.24, 2.45) is 5.41 Å². The number of nitrogens with one attached hydrogen (secondary N) is 1. The van der Waals surface area contributed by atoms with E-state index in [0.717, 1.165) is 30.8 Å². The van der Waals surface area contributed by atoms with Crippen LogP contribution in [0.1, 0.15) is 46.0 Å². The van der Waals surface area contributed by atoms with Crippen molar-refractivity contribution in [3.8, 4) is 0 Å². The molecule has 0 fully saturated rings. The molecule has 0 aliphatic heterocycles. The normalized spacial score (nSPS) is 11.6. The first kappa shape index (κ1) is 12.9. The maximum absolute atomic E-state index is 4.48. The molecule has 0 spiro atoms. The van der Waals surface area contributed by atoms with Crippen LogP contribution in [0.2, 0.25) is 0 Å². The van der Waals surface area contributed by atoms with Gasteiger partial charge < -0.3 is 5.32 Å². The van der Waals surface area contributed by atoms with Crippen LogP contribution in [0.15, 0.2) is 0 Å². The van der Waals surface area contributed by atoms with Gasteiger partial charge >= 0.3 is 0 Å². The highest BCUT2D eigenvalue weighted by Gasteiger charge is 2.11. The van der Waals surface area contributed by atoms with Crippen molar-refractivity contribution in [3.05, 3.63) is 11.4 Å². The quantitative estimate of drug-likeness (QED) is 0.850. The van der Waals surface area contributed by atoms with Gasteiger partial charge in [-0.15, -0.1) is 5.10 Å². The lowest BCUT2D eigenvalue weighted by molar-refractivity contribution is 0.441. The minimum absolute atomic E-state index is 0.221. The zero-order valence-electron chi connectivity index (χ0n) is 11.0. The smallest absolute Gasteiger partial charge is 0.242 e. The molecule has 0 unspecified atom stereocenters. The van der Waals surface area contributed by atoms with E-state index in [2.05, 4.69) is 55.1 Å². The van der Waals surface area contributed by atoms with Crippen LogP contribution in [0, 0.1) is 5.41 Å². The average Bonchev–Trinajstić information content (AvgIpc) is 2.25. The predicted molar refractivity (Wildman–Crippen MR) is 66.5 cm³/mol. The summed E-state index contributed by atoms with van der Waals surface area (Å²) < 4.78 is 0. The highest BCUT2D eigenvalue weighted by molar-refractivity contribution is 5.26. The minimum Gasteiger partial charge on any atom is -0.352 e. The van der Waals surface area contributed by atoms with Crippen LogP contribution in [-0.2, 0) is 12.8 Å². The third-order valence-electron chi connectivity index (χ3n) is 2.29. The topological polar surface area (TPSA) is 50.7 Å². The molecule has 16 heavy (non-hydrogen) atoms. The van der Waals surface area contributed by atoms with E-state index in [0.29, 0.717) is 5.95 Å². The highest BCUT2D eigenvalue weighted by atomic mass is 15.2. The largest absolute Gasteiger partial charge is 0.352 e.